The highest BCUT2D eigenvalue weighted by Crippen LogP contribution is 2.17. The highest BCUT2D eigenvalue weighted by molar-refractivity contribution is 5.78. The highest BCUT2D eigenvalue weighted by Gasteiger charge is 2.21. The second-order valence-corrected chi connectivity index (χ2v) is 6.69. The summed E-state index contributed by atoms with van der Waals surface area (Å²) in [5, 5.41) is 12.2. The number of rotatable bonds is 7. The lowest BCUT2D eigenvalue weighted by molar-refractivity contribution is -0.122. The fourth-order valence-corrected chi connectivity index (χ4v) is 3.28. The average Bonchev–Trinajstić information content (AvgIpc) is 2.72. The Kier molecular flexibility index (Phi) is 6.78. The summed E-state index contributed by atoms with van der Waals surface area (Å²) < 4.78 is 0. The fourth-order valence-electron chi connectivity index (χ4n) is 3.28. The molecule has 0 bridgehead atoms. The van der Waals surface area contributed by atoms with Crippen molar-refractivity contribution in [3.63, 3.8) is 0 Å². The molecule has 6 heteroatoms. The predicted octanol–water partition coefficient (Wildman–Crippen LogP) is 1.82. The Morgan fingerprint density at radius 2 is 1.89 bits per heavy atom. The van der Waals surface area contributed by atoms with Crippen molar-refractivity contribution in [2.24, 2.45) is 0 Å². The summed E-state index contributed by atoms with van der Waals surface area (Å²) >= 11 is 0. The average molecular weight is 363 g/mol. The Bertz CT molecular complexity index is 779. The quantitative estimate of drug-likeness (QED) is 0.760. The van der Waals surface area contributed by atoms with Crippen molar-refractivity contribution in [1.29, 1.82) is 5.26 Å². The third-order valence-electron chi connectivity index (χ3n) is 4.75. The lowest BCUT2D eigenvalue weighted by atomic mass is 10.1. The van der Waals surface area contributed by atoms with Crippen molar-refractivity contribution < 1.29 is 4.79 Å². The van der Waals surface area contributed by atoms with Gasteiger partial charge in [-0.15, -0.1) is 0 Å². The number of benzene rings is 1. The van der Waals surface area contributed by atoms with E-state index in [0.29, 0.717) is 18.7 Å². The number of anilines is 1. The molecular formula is C21H25N5O. The molecule has 1 N–H and O–H groups in total. The topological polar surface area (TPSA) is 72.3 Å². The van der Waals surface area contributed by atoms with Crippen LogP contribution in [0.1, 0.15) is 17.5 Å². The van der Waals surface area contributed by atoms with Crippen LogP contribution in [0.2, 0.25) is 0 Å². The van der Waals surface area contributed by atoms with Gasteiger partial charge in [0.2, 0.25) is 5.91 Å². The van der Waals surface area contributed by atoms with Gasteiger partial charge in [-0.1, -0.05) is 30.3 Å². The Labute approximate surface area is 160 Å². The molecule has 1 aliphatic rings. The number of carbonyl (C=O) groups excluding carboxylic acids is 1. The second-order valence-electron chi connectivity index (χ2n) is 6.69. The smallest absolute Gasteiger partial charge is 0.234 e. The minimum Gasteiger partial charge on any atom is -0.355 e. The molecule has 0 unspecified atom stereocenters. The second kappa shape index (κ2) is 9.70. The molecule has 6 nitrogen and oxygen atoms in total. The maximum atomic E-state index is 12.2. The van der Waals surface area contributed by atoms with E-state index in [4.69, 9.17) is 0 Å². The molecule has 1 aromatic heterocycles. The first-order valence-corrected chi connectivity index (χ1v) is 9.39. The van der Waals surface area contributed by atoms with Crippen molar-refractivity contribution in [2.75, 3.05) is 44.2 Å². The van der Waals surface area contributed by atoms with Crippen LogP contribution in [0.25, 0.3) is 0 Å². The van der Waals surface area contributed by atoms with E-state index in [0.717, 1.165) is 44.8 Å². The Balaban J connectivity index is 1.36. The van der Waals surface area contributed by atoms with Crippen LogP contribution in [0, 0.1) is 11.3 Å². The van der Waals surface area contributed by atoms with Gasteiger partial charge in [-0.05, 0) is 30.5 Å². The van der Waals surface area contributed by atoms with Crippen LogP contribution in [0.4, 0.5) is 5.82 Å². The molecule has 3 rings (SSSR count). The lowest BCUT2D eigenvalue weighted by Crippen LogP contribution is -2.50. The summed E-state index contributed by atoms with van der Waals surface area (Å²) in [4.78, 5) is 20.8. The van der Waals surface area contributed by atoms with Gasteiger partial charge in [-0.3, -0.25) is 9.69 Å². The molecule has 0 spiro atoms. The number of hydrogen-bond donors (Lipinski definition) is 1. The summed E-state index contributed by atoms with van der Waals surface area (Å²) in [7, 11) is 0. The third kappa shape index (κ3) is 5.53. The fraction of sp³-hybridized carbons (Fsp3) is 0.381. The first-order chi connectivity index (χ1) is 13.3. The number of amides is 1. The van der Waals surface area contributed by atoms with E-state index in [1.807, 2.05) is 18.2 Å². The molecule has 0 saturated carbocycles. The monoisotopic (exact) mass is 363 g/mol. The maximum absolute atomic E-state index is 12.2. The zero-order valence-corrected chi connectivity index (χ0v) is 15.5. The summed E-state index contributed by atoms with van der Waals surface area (Å²) in [5.74, 6) is 0.817. The first kappa shape index (κ1) is 18.9. The van der Waals surface area contributed by atoms with Gasteiger partial charge in [0.25, 0.3) is 0 Å². The van der Waals surface area contributed by atoms with E-state index in [9.17, 15) is 10.1 Å². The van der Waals surface area contributed by atoms with Gasteiger partial charge in [-0.25, -0.2) is 4.98 Å². The van der Waals surface area contributed by atoms with Gasteiger partial charge in [0.15, 0.2) is 0 Å². The van der Waals surface area contributed by atoms with E-state index >= 15 is 0 Å². The number of aryl methyl sites for hydroxylation is 1. The predicted molar refractivity (Wildman–Crippen MR) is 105 cm³/mol. The zero-order valence-electron chi connectivity index (χ0n) is 15.5. The number of piperazine rings is 1. The number of hydrogen-bond acceptors (Lipinski definition) is 5. The zero-order chi connectivity index (χ0) is 18.9. The molecule has 1 fully saturated rings. The molecule has 2 aromatic rings. The molecule has 1 aliphatic heterocycles. The Hall–Kier alpha value is -2.91. The number of nitriles is 1. The summed E-state index contributed by atoms with van der Waals surface area (Å²) in [6, 6.07) is 16.1. The first-order valence-electron chi connectivity index (χ1n) is 9.39. The van der Waals surface area contributed by atoms with E-state index in [1.54, 1.807) is 18.3 Å². The number of nitrogens with one attached hydrogen (secondary N) is 1. The van der Waals surface area contributed by atoms with Crippen molar-refractivity contribution in [3.05, 3.63) is 59.8 Å². The van der Waals surface area contributed by atoms with Crippen molar-refractivity contribution >= 4 is 11.7 Å². The SMILES string of the molecule is N#Cc1cccnc1N1CCN(CC(=O)NCCCc2ccccc2)CC1. The van der Waals surface area contributed by atoms with E-state index in [1.165, 1.54) is 5.56 Å². The van der Waals surface area contributed by atoms with Gasteiger partial charge in [0, 0.05) is 38.9 Å². The molecule has 140 valence electrons. The van der Waals surface area contributed by atoms with Gasteiger partial charge in [-0.2, -0.15) is 5.26 Å². The van der Waals surface area contributed by atoms with E-state index < -0.39 is 0 Å². The molecule has 1 amide bonds. The molecule has 0 aliphatic carbocycles. The number of aromatic nitrogens is 1. The van der Waals surface area contributed by atoms with Gasteiger partial charge in [0.05, 0.1) is 12.1 Å². The Morgan fingerprint density at radius 1 is 1.11 bits per heavy atom. The standard InChI is InChI=1S/C21H25N5O/c22-16-19-9-5-11-24-21(19)26-14-12-25(13-15-26)17-20(27)23-10-4-8-18-6-2-1-3-7-18/h1-3,5-7,9,11H,4,8,10,12-15,17H2,(H,23,27). The molecular weight excluding hydrogens is 338 g/mol. The molecule has 2 heterocycles. The van der Waals surface area contributed by atoms with Gasteiger partial charge < -0.3 is 10.2 Å². The van der Waals surface area contributed by atoms with Crippen molar-refractivity contribution in [3.8, 4) is 6.07 Å². The van der Waals surface area contributed by atoms with Gasteiger partial charge >= 0.3 is 0 Å². The summed E-state index contributed by atoms with van der Waals surface area (Å²) in [5.41, 5.74) is 1.90. The summed E-state index contributed by atoms with van der Waals surface area (Å²) in [6.07, 6.45) is 3.64. The van der Waals surface area contributed by atoms with Crippen LogP contribution in [0.15, 0.2) is 48.7 Å². The number of pyridine rings is 1. The normalized spacial score (nSPS) is 14.6. The van der Waals surface area contributed by atoms with Crippen LogP contribution >= 0.6 is 0 Å². The van der Waals surface area contributed by atoms with E-state index in [-0.39, 0.29) is 5.91 Å². The third-order valence-corrected chi connectivity index (χ3v) is 4.75. The van der Waals surface area contributed by atoms with E-state index in [2.05, 4.69) is 38.3 Å². The van der Waals surface area contributed by atoms with Crippen LogP contribution in [-0.4, -0.2) is 55.1 Å². The van der Waals surface area contributed by atoms with Crippen molar-refractivity contribution in [1.82, 2.24) is 15.2 Å². The lowest BCUT2D eigenvalue weighted by Gasteiger charge is -2.35. The van der Waals surface area contributed by atoms with Crippen LogP contribution in [-0.2, 0) is 11.2 Å². The Morgan fingerprint density at radius 3 is 2.63 bits per heavy atom. The number of carbonyl (C=O) groups is 1. The molecule has 0 atom stereocenters. The molecule has 0 radical (unpaired) electrons. The number of nitrogens with zero attached hydrogens (tertiary/aromatic N) is 4. The summed E-state index contributed by atoms with van der Waals surface area (Å²) in [6.45, 7) is 4.25. The van der Waals surface area contributed by atoms with Crippen LogP contribution < -0.4 is 10.2 Å². The maximum Gasteiger partial charge on any atom is 0.234 e. The molecule has 1 aromatic carbocycles. The minimum absolute atomic E-state index is 0.0760. The largest absolute Gasteiger partial charge is 0.355 e. The van der Waals surface area contributed by atoms with Crippen molar-refractivity contribution in [2.45, 2.75) is 12.8 Å². The van der Waals surface area contributed by atoms with Crippen LogP contribution in [0.3, 0.4) is 0 Å². The van der Waals surface area contributed by atoms with Gasteiger partial charge in [0.1, 0.15) is 11.9 Å². The minimum atomic E-state index is 0.0760. The van der Waals surface area contributed by atoms with Crippen LogP contribution in [0.5, 0.6) is 0 Å². The molecule has 1 saturated heterocycles. The highest BCUT2D eigenvalue weighted by atomic mass is 16.2. The molecule has 27 heavy (non-hydrogen) atoms.